The van der Waals surface area contributed by atoms with Crippen LogP contribution in [0.25, 0.3) is 11.6 Å². The lowest BCUT2D eigenvalue weighted by molar-refractivity contribution is 0.424. The molecule has 0 aromatic carbocycles. The Bertz CT molecular complexity index is 355. The minimum atomic E-state index is 0.460. The summed E-state index contributed by atoms with van der Waals surface area (Å²) >= 11 is 3.22. The number of nitrogens with one attached hydrogen (secondary N) is 1. The molecule has 6 heteroatoms. The molecule has 0 unspecified atom stereocenters. The summed E-state index contributed by atoms with van der Waals surface area (Å²) in [6.45, 7) is 0. The van der Waals surface area contributed by atoms with Gasteiger partial charge in [-0.2, -0.15) is 10.1 Å². The first-order valence-electron chi connectivity index (χ1n) is 3.28. The number of nitrogens with zero attached hydrogens (tertiary/aromatic N) is 3. The van der Waals surface area contributed by atoms with Crippen molar-refractivity contribution in [1.29, 1.82) is 0 Å². The van der Waals surface area contributed by atoms with Crippen LogP contribution in [0.1, 0.15) is 5.82 Å². The molecule has 2 heterocycles. The van der Waals surface area contributed by atoms with Gasteiger partial charge in [0.2, 0.25) is 0 Å². The van der Waals surface area contributed by atoms with E-state index in [1.54, 1.807) is 12.3 Å². The molecule has 0 aliphatic heterocycles. The van der Waals surface area contributed by atoms with E-state index in [4.69, 9.17) is 4.52 Å². The summed E-state index contributed by atoms with van der Waals surface area (Å²) in [6, 6.07) is 1.77. The summed E-state index contributed by atoms with van der Waals surface area (Å²) in [6.07, 6.45) is 1.63. The fraction of sp³-hybridized carbons (Fsp3) is 0.167. The SMILES string of the molecule is BrCc1noc(-c2ccn[nH]2)n1. The van der Waals surface area contributed by atoms with Gasteiger partial charge in [0, 0.05) is 6.20 Å². The molecule has 2 aromatic rings. The topological polar surface area (TPSA) is 67.6 Å². The van der Waals surface area contributed by atoms with Gasteiger partial charge in [-0.3, -0.25) is 5.10 Å². The van der Waals surface area contributed by atoms with E-state index in [9.17, 15) is 0 Å². The third kappa shape index (κ3) is 1.25. The van der Waals surface area contributed by atoms with Crippen LogP contribution in [0.5, 0.6) is 0 Å². The summed E-state index contributed by atoms with van der Waals surface area (Å²) in [5.74, 6) is 1.08. The van der Waals surface area contributed by atoms with Crippen LogP contribution in [0.15, 0.2) is 16.8 Å². The highest BCUT2D eigenvalue weighted by molar-refractivity contribution is 9.08. The lowest BCUT2D eigenvalue weighted by atomic mass is 10.4. The van der Waals surface area contributed by atoms with Gasteiger partial charge in [-0.05, 0) is 6.07 Å². The van der Waals surface area contributed by atoms with E-state index in [2.05, 4.69) is 36.3 Å². The summed E-state index contributed by atoms with van der Waals surface area (Å²) in [5, 5.41) is 10.8. The van der Waals surface area contributed by atoms with Gasteiger partial charge < -0.3 is 4.52 Å². The largest absolute Gasteiger partial charge is 0.332 e. The van der Waals surface area contributed by atoms with E-state index in [0.717, 1.165) is 5.69 Å². The zero-order valence-corrected chi connectivity index (χ0v) is 7.58. The Labute approximate surface area is 76.3 Å². The minimum Gasteiger partial charge on any atom is -0.332 e. The molecule has 0 spiro atoms. The van der Waals surface area contributed by atoms with Crippen LogP contribution in [0.4, 0.5) is 0 Å². The van der Waals surface area contributed by atoms with Crippen molar-refractivity contribution < 1.29 is 4.52 Å². The molecule has 12 heavy (non-hydrogen) atoms. The Balaban J connectivity index is 2.35. The van der Waals surface area contributed by atoms with Crippen molar-refractivity contribution >= 4 is 15.9 Å². The molecule has 0 aliphatic rings. The molecule has 0 fully saturated rings. The first kappa shape index (κ1) is 7.48. The van der Waals surface area contributed by atoms with Gasteiger partial charge in [0.25, 0.3) is 5.89 Å². The molecule has 0 aliphatic carbocycles. The first-order chi connectivity index (χ1) is 5.90. The van der Waals surface area contributed by atoms with E-state index in [0.29, 0.717) is 17.0 Å². The van der Waals surface area contributed by atoms with Gasteiger partial charge >= 0.3 is 0 Å². The van der Waals surface area contributed by atoms with Gasteiger partial charge in [0.1, 0.15) is 5.69 Å². The molecular formula is C6H5BrN4O. The Morgan fingerprint density at radius 3 is 3.08 bits per heavy atom. The number of hydrogen-bond donors (Lipinski definition) is 1. The van der Waals surface area contributed by atoms with Crippen LogP contribution in [0.2, 0.25) is 0 Å². The molecule has 62 valence electrons. The summed E-state index contributed by atoms with van der Waals surface area (Å²) in [5.41, 5.74) is 0.731. The molecule has 0 amide bonds. The highest BCUT2D eigenvalue weighted by Crippen LogP contribution is 2.13. The number of H-pyrrole nitrogens is 1. The van der Waals surface area contributed by atoms with Crippen LogP contribution in [0, 0.1) is 0 Å². The van der Waals surface area contributed by atoms with Crippen molar-refractivity contribution in [3.63, 3.8) is 0 Å². The van der Waals surface area contributed by atoms with Gasteiger partial charge in [-0.25, -0.2) is 0 Å². The molecule has 0 atom stereocenters. The number of aromatic amines is 1. The van der Waals surface area contributed by atoms with E-state index < -0.39 is 0 Å². The van der Waals surface area contributed by atoms with Gasteiger partial charge in [-0.15, -0.1) is 0 Å². The van der Waals surface area contributed by atoms with Crippen LogP contribution >= 0.6 is 15.9 Å². The van der Waals surface area contributed by atoms with Crippen molar-refractivity contribution in [2.75, 3.05) is 0 Å². The fourth-order valence-corrected chi connectivity index (χ4v) is 1.02. The average molecular weight is 229 g/mol. The molecule has 5 nitrogen and oxygen atoms in total. The van der Waals surface area contributed by atoms with Crippen LogP contribution < -0.4 is 0 Å². The smallest absolute Gasteiger partial charge is 0.275 e. The maximum atomic E-state index is 4.94. The van der Waals surface area contributed by atoms with Gasteiger partial charge in [0.15, 0.2) is 5.82 Å². The molecule has 0 saturated heterocycles. The second-order valence-corrected chi connectivity index (χ2v) is 2.68. The van der Waals surface area contributed by atoms with Crippen molar-refractivity contribution in [2.24, 2.45) is 0 Å². The van der Waals surface area contributed by atoms with Gasteiger partial charge in [0.05, 0.1) is 5.33 Å². The standard InChI is InChI=1S/C6H5BrN4O/c7-3-5-9-6(12-11-5)4-1-2-8-10-4/h1-2H,3H2,(H,8,10). The zero-order chi connectivity index (χ0) is 8.39. The Morgan fingerprint density at radius 2 is 2.50 bits per heavy atom. The van der Waals surface area contributed by atoms with E-state index in [-0.39, 0.29) is 0 Å². The summed E-state index contributed by atoms with van der Waals surface area (Å²) < 4.78 is 4.94. The molecule has 0 bridgehead atoms. The van der Waals surface area contributed by atoms with Crippen LogP contribution in [-0.2, 0) is 5.33 Å². The molecule has 0 radical (unpaired) electrons. The average Bonchev–Trinajstić information content (AvgIpc) is 2.75. The van der Waals surface area contributed by atoms with Crippen molar-refractivity contribution in [2.45, 2.75) is 5.33 Å². The highest BCUT2D eigenvalue weighted by atomic mass is 79.9. The predicted molar refractivity (Wildman–Crippen MR) is 44.5 cm³/mol. The molecule has 2 rings (SSSR count). The van der Waals surface area contributed by atoms with Crippen LogP contribution in [-0.4, -0.2) is 20.3 Å². The molecule has 0 saturated carbocycles. The molecule has 2 aromatic heterocycles. The molecule has 1 N–H and O–H groups in total. The number of hydrogen-bond acceptors (Lipinski definition) is 4. The first-order valence-corrected chi connectivity index (χ1v) is 4.40. The summed E-state index contributed by atoms with van der Waals surface area (Å²) in [4.78, 5) is 4.08. The Kier molecular flexibility index (Phi) is 1.91. The van der Waals surface area contributed by atoms with Crippen molar-refractivity contribution in [3.8, 4) is 11.6 Å². The van der Waals surface area contributed by atoms with E-state index >= 15 is 0 Å². The minimum absolute atomic E-state index is 0.460. The van der Waals surface area contributed by atoms with E-state index in [1.807, 2.05) is 0 Å². The molecular weight excluding hydrogens is 224 g/mol. The second kappa shape index (κ2) is 3.06. The van der Waals surface area contributed by atoms with Crippen LogP contribution in [0.3, 0.4) is 0 Å². The number of alkyl halides is 1. The third-order valence-electron chi connectivity index (χ3n) is 1.32. The van der Waals surface area contributed by atoms with Crippen molar-refractivity contribution in [3.05, 3.63) is 18.1 Å². The number of rotatable bonds is 2. The third-order valence-corrected chi connectivity index (χ3v) is 1.82. The number of aromatic nitrogens is 4. The summed E-state index contributed by atoms with van der Waals surface area (Å²) in [7, 11) is 0. The van der Waals surface area contributed by atoms with Crippen molar-refractivity contribution in [1.82, 2.24) is 20.3 Å². The predicted octanol–water partition coefficient (Wildman–Crippen LogP) is 1.35. The van der Waals surface area contributed by atoms with Gasteiger partial charge in [-0.1, -0.05) is 21.1 Å². The monoisotopic (exact) mass is 228 g/mol. The number of halogens is 1. The quantitative estimate of drug-likeness (QED) is 0.789. The normalized spacial score (nSPS) is 10.4. The Hall–Kier alpha value is -1.17. The fourth-order valence-electron chi connectivity index (χ4n) is 0.793. The Morgan fingerprint density at radius 1 is 1.58 bits per heavy atom. The lowest BCUT2D eigenvalue weighted by Crippen LogP contribution is -1.80. The second-order valence-electron chi connectivity index (χ2n) is 2.12. The lowest BCUT2D eigenvalue weighted by Gasteiger charge is -1.81. The maximum Gasteiger partial charge on any atom is 0.275 e. The highest BCUT2D eigenvalue weighted by Gasteiger charge is 2.07. The zero-order valence-electron chi connectivity index (χ0n) is 5.99. The maximum absolute atomic E-state index is 4.94. The van der Waals surface area contributed by atoms with E-state index in [1.165, 1.54) is 0 Å².